The smallest absolute Gasteiger partial charge is 0.267 e. The lowest BCUT2D eigenvalue weighted by Gasteiger charge is -2.01. The molecule has 1 aromatic carbocycles. The van der Waals surface area contributed by atoms with Crippen LogP contribution in [-0.2, 0) is 0 Å². The molecule has 3 aromatic heterocycles. The summed E-state index contributed by atoms with van der Waals surface area (Å²) in [6.45, 7) is 0. The van der Waals surface area contributed by atoms with Gasteiger partial charge in [-0.05, 0) is 23.6 Å². The lowest BCUT2D eigenvalue weighted by molar-refractivity contribution is 0.579. The van der Waals surface area contributed by atoms with E-state index in [1.165, 1.54) is 35.1 Å². The van der Waals surface area contributed by atoms with Crippen LogP contribution in [0.5, 0.6) is 0 Å². The lowest BCUT2D eigenvalue weighted by Crippen LogP contribution is -2.17. The van der Waals surface area contributed by atoms with Crippen LogP contribution in [0.1, 0.15) is 5.56 Å². The number of fused-ring (bicyclic) bond motifs is 1. The zero-order valence-electron chi connectivity index (χ0n) is 12.5. The van der Waals surface area contributed by atoms with E-state index in [9.17, 15) is 13.6 Å². The van der Waals surface area contributed by atoms with Crippen molar-refractivity contribution in [1.29, 1.82) is 0 Å². The minimum absolute atomic E-state index is 0.307. The van der Waals surface area contributed by atoms with E-state index in [0.717, 1.165) is 33.5 Å². The standard InChI is InChI=1S/C17H9F2N3OS2/c18-12-3-1-4-13(19)10(12)7-21-22-9-20-16-15(17(22)23)11(8-25-16)14-5-2-6-24-14/h1-9H/b21-7-. The molecule has 8 heteroatoms. The third kappa shape index (κ3) is 2.79. The quantitative estimate of drug-likeness (QED) is 0.501. The minimum Gasteiger partial charge on any atom is -0.267 e. The Morgan fingerprint density at radius 2 is 1.92 bits per heavy atom. The van der Waals surface area contributed by atoms with Crippen LogP contribution >= 0.6 is 22.7 Å². The van der Waals surface area contributed by atoms with Gasteiger partial charge in [-0.2, -0.15) is 9.78 Å². The topological polar surface area (TPSA) is 47.2 Å². The highest BCUT2D eigenvalue weighted by Crippen LogP contribution is 2.33. The molecular formula is C17H9F2N3OS2. The van der Waals surface area contributed by atoms with Gasteiger partial charge < -0.3 is 0 Å². The van der Waals surface area contributed by atoms with Crippen molar-refractivity contribution in [3.05, 3.63) is 75.0 Å². The molecule has 4 nitrogen and oxygen atoms in total. The zero-order chi connectivity index (χ0) is 17.4. The second kappa shape index (κ2) is 6.30. The number of halogens is 2. The molecular weight excluding hydrogens is 364 g/mol. The predicted octanol–water partition coefficient (Wildman–Crippen LogP) is 4.35. The molecule has 0 fully saturated rings. The maximum absolute atomic E-state index is 13.7. The van der Waals surface area contributed by atoms with Gasteiger partial charge in [-0.15, -0.1) is 22.7 Å². The Balaban J connectivity index is 1.84. The van der Waals surface area contributed by atoms with Crippen molar-refractivity contribution in [2.45, 2.75) is 0 Å². The van der Waals surface area contributed by atoms with Crippen LogP contribution in [0.2, 0.25) is 0 Å². The Labute approximate surface area is 148 Å². The second-order valence-corrected chi connectivity index (χ2v) is 6.89. The highest BCUT2D eigenvalue weighted by molar-refractivity contribution is 7.18. The van der Waals surface area contributed by atoms with Crippen LogP contribution in [0.4, 0.5) is 8.78 Å². The van der Waals surface area contributed by atoms with Gasteiger partial charge >= 0.3 is 0 Å². The van der Waals surface area contributed by atoms with Crippen LogP contribution in [0.3, 0.4) is 0 Å². The third-order valence-electron chi connectivity index (χ3n) is 3.58. The van der Waals surface area contributed by atoms with Gasteiger partial charge in [0.2, 0.25) is 0 Å². The summed E-state index contributed by atoms with van der Waals surface area (Å²) < 4.78 is 28.3. The van der Waals surface area contributed by atoms with Gasteiger partial charge in [0, 0.05) is 15.8 Å². The zero-order valence-corrected chi connectivity index (χ0v) is 14.2. The Morgan fingerprint density at radius 1 is 1.12 bits per heavy atom. The fourth-order valence-electron chi connectivity index (χ4n) is 2.37. The first-order chi connectivity index (χ1) is 12.1. The molecule has 0 atom stereocenters. The molecule has 0 aliphatic heterocycles. The van der Waals surface area contributed by atoms with Gasteiger partial charge in [0.05, 0.1) is 17.2 Å². The van der Waals surface area contributed by atoms with E-state index in [4.69, 9.17) is 0 Å². The molecule has 0 unspecified atom stereocenters. The summed E-state index contributed by atoms with van der Waals surface area (Å²) in [4.78, 5) is 18.5. The van der Waals surface area contributed by atoms with Crippen molar-refractivity contribution in [3.63, 3.8) is 0 Å². The van der Waals surface area contributed by atoms with Gasteiger partial charge in [0.1, 0.15) is 22.8 Å². The Hall–Kier alpha value is -2.71. The Bertz CT molecular complexity index is 1130. The van der Waals surface area contributed by atoms with Gasteiger partial charge in [-0.25, -0.2) is 13.8 Å². The normalized spacial score (nSPS) is 11.6. The molecule has 0 saturated heterocycles. The highest BCUT2D eigenvalue weighted by Gasteiger charge is 2.14. The van der Waals surface area contributed by atoms with Crippen molar-refractivity contribution in [2.24, 2.45) is 5.10 Å². The number of hydrogen-bond acceptors (Lipinski definition) is 5. The number of rotatable bonds is 3. The van der Waals surface area contributed by atoms with Crippen LogP contribution in [0, 0.1) is 11.6 Å². The molecule has 0 bridgehead atoms. The summed E-state index contributed by atoms with van der Waals surface area (Å²) in [6.07, 6.45) is 2.23. The van der Waals surface area contributed by atoms with Crippen LogP contribution in [0.25, 0.3) is 20.7 Å². The Morgan fingerprint density at radius 3 is 2.64 bits per heavy atom. The molecule has 25 heavy (non-hydrogen) atoms. The summed E-state index contributed by atoms with van der Waals surface area (Å²) in [5.41, 5.74) is 0.0927. The van der Waals surface area contributed by atoms with E-state index in [1.54, 1.807) is 0 Å². The summed E-state index contributed by atoms with van der Waals surface area (Å²) in [5, 5.41) is 8.13. The fraction of sp³-hybridized carbons (Fsp3) is 0. The van der Waals surface area contributed by atoms with Gasteiger partial charge in [0.15, 0.2) is 0 Å². The average Bonchev–Trinajstić information content (AvgIpc) is 3.25. The molecule has 0 N–H and O–H groups in total. The lowest BCUT2D eigenvalue weighted by atomic mass is 10.2. The molecule has 0 saturated carbocycles. The maximum Gasteiger partial charge on any atom is 0.283 e. The summed E-state index contributed by atoms with van der Waals surface area (Å²) in [6, 6.07) is 7.34. The maximum atomic E-state index is 13.7. The molecule has 0 spiro atoms. The fourth-order valence-corrected chi connectivity index (χ4v) is 4.09. The minimum atomic E-state index is -0.749. The van der Waals surface area contributed by atoms with E-state index in [1.807, 2.05) is 22.9 Å². The summed E-state index contributed by atoms with van der Waals surface area (Å²) in [5.74, 6) is -1.50. The SMILES string of the molecule is O=c1c2c(-c3cccs3)csc2ncn1/N=C\c1c(F)cccc1F. The third-order valence-corrected chi connectivity index (χ3v) is 5.36. The number of benzene rings is 1. The molecule has 0 aliphatic rings. The van der Waals surface area contributed by atoms with Gasteiger partial charge in [-0.3, -0.25) is 4.79 Å². The number of thiophene rings is 2. The van der Waals surface area contributed by atoms with Gasteiger partial charge in [-0.1, -0.05) is 12.1 Å². The molecule has 4 rings (SSSR count). The molecule has 3 heterocycles. The van der Waals surface area contributed by atoms with Crippen LogP contribution < -0.4 is 5.56 Å². The van der Waals surface area contributed by atoms with Crippen molar-refractivity contribution in [3.8, 4) is 10.4 Å². The van der Waals surface area contributed by atoms with Crippen molar-refractivity contribution < 1.29 is 8.78 Å². The molecule has 0 amide bonds. The van der Waals surface area contributed by atoms with Crippen molar-refractivity contribution in [2.75, 3.05) is 0 Å². The number of aromatic nitrogens is 2. The number of nitrogens with zero attached hydrogens (tertiary/aromatic N) is 3. The largest absolute Gasteiger partial charge is 0.283 e. The van der Waals surface area contributed by atoms with Crippen LogP contribution in [0.15, 0.2) is 57.3 Å². The van der Waals surface area contributed by atoms with E-state index in [-0.39, 0.29) is 11.1 Å². The monoisotopic (exact) mass is 373 g/mol. The number of hydrogen-bond donors (Lipinski definition) is 0. The van der Waals surface area contributed by atoms with Crippen LogP contribution in [-0.4, -0.2) is 15.9 Å². The van der Waals surface area contributed by atoms with E-state index >= 15 is 0 Å². The average molecular weight is 373 g/mol. The summed E-state index contributed by atoms with van der Waals surface area (Å²) >= 11 is 2.88. The first-order valence-electron chi connectivity index (χ1n) is 7.16. The van der Waals surface area contributed by atoms with E-state index in [0.29, 0.717) is 10.2 Å². The molecule has 124 valence electrons. The van der Waals surface area contributed by atoms with Crippen molar-refractivity contribution in [1.82, 2.24) is 9.66 Å². The molecule has 4 aromatic rings. The van der Waals surface area contributed by atoms with E-state index < -0.39 is 11.6 Å². The Kier molecular flexibility index (Phi) is 3.98. The second-order valence-electron chi connectivity index (χ2n) is 5.08. The predicted molar refractivity (Wildman–Crippen MR) is 96.5 cm³/mol. The molecule has 0 radical (unpaired) electrons. The first-order valence-corrected chi connectivity index (χ1v) is 8.92. The van der Waals surface area contributed by atoms with E-state index in [2.05, 4.69) is 10.1 Å². The first kappa shape index (κ1) is 15.8. The summed E-state index contributed by atoms with van der Waals surface area (Å²) in [7, 11) is 0. The van der Waals surface area contributed by atoms with Gasteiger partial charge in [0.25, 0.3) is 5.56 Å². The molecule has 0 aliphatic carbocycles. The highest BCUT2D eigenvalue weighted by atomic mass is 32.1. The van der Waals surface area contributed by atoms with Crippen molar-refractivity contribution >= 4 is 39.1 Å².